The number of rotatable bonds is 9. The Hall–Kier alpha value is -1.59. The van der Waals surface area contributed by atoms with Gasteiger partial charge in [0.25, 0.3) is 0 Å². The number of hydrogen-bond donors (Lipinski definition) is 1. The molecule has 0 rings (SSSR count). The topological polar surface area (TPSA) is 81.7 Å². The zero-order valence-corrected chi connectivity index (χ0v) is 11.9. The van der Waals surface area contributed by atoms with Crippen LogP contribution < -0.4 is 5.32 Å². The second-order valence-electron chi connectivity index (χ2n) is 3.96. The van der Waals surface area contributed by atoms with E-state index < -0.39 is 18.0 Å². The first-order valence-electron chi connectivity index (χ1n) is 6.69. The highest BCUT2D eigenvalue weighted by Crippen LogP contribution is 2.01. The van der Waals surface area contributed by atoms with Gasteiger partial charge in [-0.05, 0) is 20.3 Å². The van der Waals surface area contributed by atoms with Gasteiger partial charge in [-0.3, -0.25) is 4.79 Å². The van der Waals surface area contributed by atoms with Crippen LogP contribution in [0, 0.1) is 0 Å². The average Bonchev–Trinajstić information content (AvgIpc) is 2.36. The smallest absolute Gasteiger partial charge is 0.340 e. The Morgan fingerprint density at radius 2 is 1.47 bits per heavy atom. The lowest BCUT2D eigenvalue weighted by atomic mass is 10.2. The van der Waals surface area contributed by atoms with Gasteiger partial charge >= 0.3 is 11.9 Å². The Morgan fingerprint density at radius 3 is 1.89 bits per heavy atom. The molecule has 0 atom stereocenters. The minimum atomic E-state index is -1.37. The van der Waals surface area contributed by atoms with E-state index in [0.717, 1.165) is 19.3 Å². The third-order valence-corrected chi connectivity index (χ3v) is 2.36. The Morgan fingerprint density at radius 1 is 0.947 bits per heavy atom. The third-order valence-electron chi connectivity index (χ3n) is 2.36. The number of esters is 2. The van der Waals surface area contributed by atoms with E-state index in [-0.39, 0.29) is 25.5 Å². The van der Waals surface area contributed by atoms with Crippen molar-refractivity contribution >= 4 is 17.8 Å². The molecule has 6 heteroatoms. The molecule has 0 aromatic rings. The van der Waals surface area contributed by atoms with Gasteiger partial charge in [0, 0.05) is 6.42 Å². The molecular formula is C13H23NO5. The summed E-state index contributed by atoms with van der Waals surface area (Å²) in [4.78, 5) is 34.8. The molecule has 0 saturated heterocycles. The van der Waals surface area contributed by atoms with Gasteiger partial charge in [-0.15, -0.1) is 0 Å². The van der Waals surface area contributed by atoms with E-state index in [1.165, 1.54) is 0 Å². The predicted octanol–water partition coefficient (Wildman–Crippen LogP) is 1.18. The van der Waals surface area contributed by atoms with Crippen LogP contribution in [0.2, 0.25) is 0 Å². The van der Waals surface area contributed by atoms with Crippen molar-refractivity contribution < 1.29 is 23.9 Å². The molecule has 110 valence electrons. The van der Waals surface area contributed by atoms with E-state index in [0.29, 0.717) is 0 Å². The van der Waals surface area contributed by atoms with Crippen molar-refractivity contribution in [3.63, 3.8) is 0 Å². The van der Waals surface area contributed by atoms with E-state index in [2.05, 4.69) is 5.32 Å². The number of ether oxygens (including phenoxy) is 2. The van der Waals surface area contributed by atoms with E-state index in [4.69, 9.17) is 9.47 Å². The van der Waals surface area contributed by atoms with Crippen molar-refractivity contribution in [2.45, 2.75) is 52.5 Å². The fraction of sp³-hybridized carbons (Fsp3) is 0.769. The minimum Gasteiger partial charge on any atom is -0.464 e. The van der Waals surface area contributed by atoms with Crippen LogP contribution >= 0.6 is 0 Å². The lowest BCUT2D eigenvalue weighted by Gasteiger charge is -2.15. The zero-order valence-electron chi connectivity index (χ0n) is 11.9. The van der Waals surface area contributed by atoms with Crippen molar-refractivity contribution in [1.29, 1.82) is 0 Å². The molecule has 6 nitrogen and oxygen atoms in total. The summed E-state index contributed by atoms with van der Waals surface area (Å²) in [5, 5.41) is 2.36. The average molecular weight is 273 g/mol. The molecule has 19 heavy (non-hydrogen) atoms. The second-order valence-corrected chi connectivity index (χ2v) is 3.96. The molecule has 0 aliphatic rings. The highest BCUT2D eigenvalue weighted by Gasteiger charge is 2.30. The molecule has 0 saturated carbocycles. The molecule has 0 fully saturated rings. The summed E-state index contributed by atoms with van der Waals surface area (Å²) in [7, 11) is 0. The number of hydrogen-bond acceptors (Lipinski definition) is 5. The van der Waals surface area contributed by atoms with Gasteiger partial charge in [0.15, 0.2) is 0 Å². The van der Waals surface area contributed by atoms with Gasteiger partial charge in [-0.1, -0.05) is 19.8 Å². The summed E-state index contributed by atoms with van der Waals surface area (Å²) >= 11 is 0. The summed E-state index contributed by atoms with van der Waals surface area (Å²) in [6.07, 6.45) is 2.92. The number of amides is 1. The summed E-state index contributed by atoms with van der Waals surface area (Å²) in [5.41, 5.74) is 0. The van der Waals surface area contributed by atoms with Crippen molar-refractivity contribution in [2.24, 2.45) is 0 Å². The van der Waals surface area contributed by atoms with Gasteiger partial charge < -0.3 is 14.8 Å². The van der Waals surface area contributed by atoms with E-state index in [1.807, 2.05) is 6.92 Å². The number of nitrogens with one attached hydrogen (secondary N) is 1. The normalized spacial score (nSPS) is 10.1. The van der Waals surface area contributed by atoms with Gasteiger partial charge in [-0.25, -0.2) is 9.59 Å². The van der Waals surface area contributed by atoms with Crippen LogP contribution in [0.25, 0.3) is 0 Å². The van der Waals surface area contributed by atoms with Crippen LogP contribution in [0.1, 0.15) is 46.5 Å². The zero-order chi connectivity index (χ0) is 14.7. The van der Waals surface area contributed by atoms with Gasteiger partial charge in [0.05, 0.1) is 13.2 Å². The minimum absolute atomic E-state index is 0.139. The summed E-state index contributed by atoms with van der Waals surface area (Å²) in [5.74, 6) is -1.92. The fourth-order valence-electron chi connectivity index (χ4n) is 1.43. The van der Waals surface area contributed by atoms with Crippen LogP contribution in [0.15, 0.2) is 0 Å². The number of carbonyl (C=O) groups is 3. The van der Waals surface area contributed by atoms with Crippen molar-refractivity contribution in [3.05, 3.63) is 0 Å². The molecule has 0 aliphatic heterocycles. The Labute approximate surface area is 113 Å². The number of carbonyl (C=O) groups excluding carboxylic acids is 3. The second kappa shape index (κ2) is 10.3. The van der Waals surface area contributed by atoms with Crippen LogP contribution in [0.4, 0.5) is 0 Å². The molecule has 1 N–H and O–H groups in total. The highest BCUT2D eigenvalue weighted by molar-refractivity contribution is 6.02. The lowest BCUT2D eigenvalue weighted by Crippen LogP contribution is -2.48. The van der Waals surface area contributed by atoms with Gasteiger partial charge in [0.2, 0.25) is 11.9 Å². The maximum Gasteiger partial charge on any atom is 0.340 e. The molecular weight excluding hydrogens is 250 g/mol. The van der Waals surface area contributed by atoms with Crippen LogP contribution in [0.3, 0.4) is 0 Å². The predicted molar refractivity (Wildman–Crippen MR) is 69.3 cm³/mol. The Kier molecular flexibility index (Phi) is 9.48. The molecule has 1 amide bonds. The van der Waals surface area contributed by atoms with Crippen molar-refractivity contribution in [1.82, 2.24) is 5.32 Å². The first-order valence-corrected chi connectivity index (χ1v) is 6.69. The standard InChI is InChI=1S/C13H23NO5/c1-4-7-8-9-10(15)14-11(12(16)18-5-2)13(17)19-6-3/h11H,4-9H2,1-3H3,(H,14,15). The monoisotopic (exact) mass is 273 g/mol. The maximum absolute atomic E-state index is 11.6. The lowest BCUT2D eigenvalue weighted by molar-refractivity contribution is -0.159. The molecule has 0 bridgehead atoms. The van der Waals surface area contributed by atoms with E-state index in [1.54, 1.807) is 13.8 Å². The van der Waals surface area contributed by atoms with Crippen LogP contribution in [-0.2, 0) is 23.9 Å². The maximum atomic E-state index is 11.6. The fourth-order valence-corrected chi connectivity index (χ4v) is 1.43. The quantitative estimate of drug-likeness (QED) is 0.387. The molecule has 0 aromatic heterocycles. The SMILES string of the molecule is CCCCCC(=O)NC(C(=O)OCC)C(=O)OCC. The Balaban J connectivity index is 4.44. The molecule has 0 spiro atoms. The number of unbranched alkanes of at least 4 members (excludes halogenated alkanes) is 2. The summed E-state index contributed by atoms with van der Waals surface area (Å²) < 4.78 is 9.49. The molecule has 0 heterocycles. The van der Waals surface area contributed by atoms with E-state index in [9.17, 15) is 14.4 Å². The molecule has 0 aliphatic carbocycles. The van der Waals surface area contributed by atoms with Crippen molar-refractivity contribution in [3.8, 4) is 0 Å². The molecule has 0 radical (unpaired) electrons. The first kappa shape index (κ1) is 17.4. The first-order chi connectivity index (χ1) is 9.06. The molecule has 0 aromatic carbocycles. The highest BCUT2D eigenvalue weighted by atomic mass is 16.6. The van der Waals surface area contributed by atoms with E-state index >= 15 is 0 Å². The summed E-state index contributed by atoms with van der Waals surface area (Å²) in [6, 6.07) is -1.37. The summed E-state index contributed by atoms with van der Waals surface area (Å²) in [6.45, 7) is 5.56. The van der Waals surface area contributed by atoms with Gasteiger partial charge in [0.1, 0.15) is 0 Å². The van der Waals surface area contributed by atoms with Gasteiger partial charge in [-0.2, -0.15) is 0 Å². The van der Waals surface area contributed by atoms with Crippen LogP contribution in [-0.4, -0.2) is 37.1 Å². The largest absolute Gasteiger partial charge is 0.464 e. The van der Waals surface area contributed by atoms with Crippen LogP contribution in [0.5, 0.6) is 0 Å². The third kappa shape index (κ3) is 7.43. The van der Waals surface area contributed by atoms with Crippen molar-refractivity contribution in [2.75, 3.05) is 13.2 Å². The Bertz CT molecular complexity index is 285. The molecule has 0 unspecified atom stereocenters.